The van der Waals surface area contributed by atoms with Gasteiger partial charge in [0.1, 0.15) is 11.6 Å². The van der Waals surface area contributed by atoms with Gasteiger partial charge in [0, 0.05) is 25.3 Å². The molecule has 1 atom stereocenters. The van der Waals surface area contributed by atoms with E-state index in [2.05, 4.69) is 5.32 Å². The summed E-state index contributed by atoms with van der Waals surface area (Å²) in [5, 5.41) is 3.09. The lowest BCUT2D eigenvalue weighted by atomic mass is 10.0. The number of ether oxygens (including phenoxy) is 2. The molecule has 1 aromatic rings. The zero-order chi connectivity index (χ0) is 13.0. The smallest absolute Gasteiger partial charge is 0.148 e. The topological polar surface area (TPSA) is 56.5 Å². The quantitative estimate of drug-likeness (QED) is 0.809. The van der Waals surface area contributed by atoms with Gasteiger partial charge in [0.15, 0.2) is 0 Å². The van der Waals surface area contributed by atoms with E-state index >= 15 is 0 Å². The van der Waals surface area contributed by atoms with Crippen LogP contribution in [0, 0.1) is 11.7 Å². The van der Waals surface area contributed by atoms with Crippen molar-refractivity contribution in [2.45, 2.75) is 12.8 Å². The molecule has 5 heteroatoms. The second kappa shape index (κ2) is 5.91. The van der Waals surface area contributed by atoms with Crippen molar-refractivity contribution in [2.75, 3.05) is 37.9 Å². The zero-order valence-corrected chi connectivity index (χ0v) is 10.5. The monoisotopic (exact) mass is 254 g/mol. The molecule has 1 heterocycles. The van der Waals surface area contributed by atoms with Gasteiger partial charge in [0.05, 0.1) is 25.1 Å². The predicted octanol–water partition coefficient (Wildman–Crippen LogP) is 2.25. The second-order valence-corrected chi connectivity index (χ2v) is 4.54. The summed E-state index contributed by atoms with van der Waals surface area (Å²) in [6.07, 6.45) is 2.18. The van der Waals surface area contributed by atoms with Crippen molar-refractivity contribution in [1.29, 1.82) is 0 Å². The third-order valence-corrected chi connectivity index (χ3v) is 3.16. The molecule has 1 aliphatic heterocycles. The second-order valence-electron chi connectivity index (χ2n) is 4.54. The Morgan fingerprint density at radius 2 is 2.39 bits per heavy atom. The van der Waals surface area contributed by atoms with Gasteiger partial charge >= 0.3 is 0 Å². The van der Waals surface area contributed by atoms with Crippen LogP contribution in [-0.2, 0) is 4.74 Å². The van der Waals surface area contributed by atoms with E-state index in [9.17, 15) is 4.39 Å². The third-order valence-electron chi connectivity index (χ3n) is 3.16. The summed E-state index contributed by atoms with van der Waals surface area (Å²) in [6, 6.07) is 2.87. The van der Waals surface area contributed by atoms with Crippen molar-refractivity contribution in [3.8, 4) is 5.75 Å². The van der Waals surface area contributed by atoms with Gasteiger partial charge in [-0.2, -0.15) is 0 Å². The summed E-state index contributed by atoms with van der Waals surface area (Å²) in [4.78, 5) is 0. The number of rotatable bonds is 4. The number of nitrogens with one attached hydrogen (secondary N) is 1. The van der Waals surface area contributed by atoms with Crippen LogP contribution >= 0.6 is 0 Å². The van der Waals surface area contributed by atoms with Crippen LogP contribution in [0.25, 0.3) is 0 Å². The summed E-state index contributed by atoms with van der Waals surface area (Å²) in [5.41, 5.74) is 6.36. The lowest BCUT2D eigenvalue weighted by molar-refractivity contribution is 0.0595. The van der Waals surface area contributed by atoms with Crippen LogP contribution in [0.4, 0.5) is 15.8 Å². The first-order chi connectivity index (χ1) is 8.70. The van der Waals surface area contributed by atoms with E-state index in [-0.39, 0.29) is 5.82 Å². The van der Waals surface area contributed by atoms with Crippen molar-refractivity contribution in [3.05, 3.63) is 17.9 Å². The molecule has 100 valence electrons. The Kier molecular flexibility index (Phi) is 4.25. The highest BCUT2D eigenvalue weighted by Gasteiger charge is 2.15. The van der Waals surface area contributed by atoms with Crippen LogP contribution in [0.15, 0.2) is 12.1 Å². The Balaban J connectivity index is 1.99. The summed E-state index contributed by atoms with van der Waals surface area (Å²) < 4.78 is 24.2. The minimum atomic E-state index is -0.356. The van der Waals surface area contributed by atoms with Crippen LogP contribution in [0.2, 0.25) is 0 Å². The molecular weight excluding hydrogens is 235 g/mol. The van der Waals surface area contributed by atoms with Crippen molar-refractivity contribution >= 4 is 11.4 Å². The maximum atomic E-state index is 13.7. The van der Waals surface area contributed by atoms with Gasteiger partial charge in [-0.25, -0.2) is 4.39 Å². The summed E-state index contributed by atoms with van der Waals surface area (Å²) in [6.45, 7) is 2.27. The van der Waals surface area contributed by atoms with Gasteiger partial charge in [-0.15, -0.1) is 0 Å². The maximum Gasteiger partial charge on any atom is 0.148 e. The Morgan fingerprint density at radius 1 is 1.56 bits per heavy atom. The number of nitrogen functional groups attached to an aromatic ring is 1. The average Bonchev–Trinajstić information content (AvgIpc) is 2.39. The molecule has 0 spiro atoms. The number of nitrogens with two attached hydrogens (primary N) is 1. The largest absolute Gasteiger partial charge is 0.495 e. The lowest BCUT2D eigenvalue weighted by Crippen LogP contribution is -2.24. The molecule has 2 rings (SSSR count). The Labute approximate surface area is 106 Å². The minimum absolute atomic E-state index is 0.307. The van der Waals surface area contributed by atoms with Crippen LogP contribution in [-0.4, -0.2) is 26.9 Å². The molecule has 0 radical (unpaired) electrons. The van der Waals surface area contributed by atoms with Crippen LogP contribution < -0.4 is 15.8 Å². The fourth-order valence-corrected chi connectivity index (χ4v) is 2.10. The molecule has 1 fully saturated rings. The number of anilines is 2. The molecule has 1 unspecified atom stereocenters. The van der Waals surface area contributed by atoms with E-state index in [1.807, 2.05) is 0 Å². The Bertz CT molecular complexity index is 406. The molecule has 0 aromatic heterocycles. The molecule has 0 amide bonds. The first-order valence-electron chi connectivity index (χ1n) is 6.15. The predicted molar refractivity (Wildman–Crippen MR) is 69.4 cm³/mol. The zero-order valence-electron chi connectivity index (χ0n) is 10.5. The molecule has 1 aromatic carbocycles. The number of benzene rings is 1. The Morgan fingerprint density at radius 3 is 3.06 bits per heavy atom. The summed E-state index contributed by atoms with van der Waals surface area (Å²) in [7, 11) is 1.52. The molecule has 1 aliphatic rings. The summed E-state index contributed by atoms with van der Waals surface area (Å²) in [5.74, 6) is 0.561. The fraction of sp³-hybridized carbons (Fsp3) is 0.538. The van der Waals surface area contributed by atoms with E-state index in [1.165, 1.54) is 13.2 Å². The highest BCUT2D eigenvalue weighted by Crippen LogP contribution is 2.28. The van der Waals surface area contributed by atoms with Gasteiger partial charge in [-0.3, -0.25) is 0 Å². The molecular formula is C13H19FN2O2. The molecule has 18 heavy (non-hydrogen) atoms. The average molecular weight is 254 g/mol. The van der Waals surface area contributed by atoms with E-state index in [0.717, 1.165) is 26.1 Å². The number of methoxy groups -OCH3 is 1. The highest BCUT2D eigenvalue weighted by atomic mass is 19.1. The first-order valence-corrected chi connectivity index (χ1v) is 6.15. The van der Waals surface area contributed by atoms with Crippen LogP contribution in [0.1, 0.15) is 12.8 Å². The van der Waals surface area contributed by atoms with Crippen LogP contribution in [0.5, 0.6) is 5.75 Å². The van der Waals surface area contributed by atoms with E-state index < -0.39 is 0 Å². The minimum Gasteiger partial charge on any atom is -0.495 e. The van der Waals surface area contributed by atoms with Gasteiger partial charge in [0.25, 0.3) is 0 Å². The lowest BCUT2D eigenvalue weighted by Gasteiger charge is -2.23. The molecule has 0 aliphatic carbocycles. The van der Waals surface area contributed by atoms with Gasteiger partial charge in [-0.1, -0.05) is 0 Å². The van der Waals surface area contributed by atoms with Gasteiger partial charge in [0.2, 0.25) is 0 Å². The third kappa shape index (κ3) is 3.04. The Hall–Kier alpha value is -1.49. The SMILES string of the molecule is COc1cc(NCC2CCCOC2)c(F)cc1N. The van der Waals surface area contributed by atoms with Crippen molar-refractivity contribution in [3.63, 3.8) is 0 Å². The van der Waals surface area contributed by atoms with Gasteiger partial charge < -0.3 is 20.5 Å². The van der Waals surface area contributed by atoms with Crippen LogP contribution in [0.3, 0.4) is 0 Å². The standard InChI is InChI=1S/C13H19FN2O2/c1-17-13-6-12(10(14)5-11(13)15)16-7-9-3-2-4-18-8-9/h5-6,9,16H,2-4,7-8,15H2,1H3. The van der Waals surface area contributed by atoms with Crippen molar-refractivity contribution in [1.82, 2.24) is 0 Å². The normalized spacial score (nSPS) is 19.6. The van der Waals surface area contributed by atoms with Gasteiger partial charge in [-0.05, 0) is 18.8 Å². The van der Waals surface area contributed by atoms with Crippen molar-refractivity contribution in [2.24, 2.45) is 5.92 Å². The summed E-state index contributed by atoms with van der Waals surface area (Å²) >= 11 is 0. The number of hydrogen-bond donors (Lipinski definition) is 2. The number of halogens is 1. The van der Waals surface area contributed by atoms with E-state index in [1.54, 1.807) is 6.07 Å². The number of hydrogen-bond acceptors (Lipinski definition) is 4. The van der Waals surface area contributed by atoms with Crippen molar-refractivity contribution < 1.29 is 13.9 Å². The highest BCUT2D eigenvalue weighted by molar-refractivity contribution is 5.62. The molecule has 3 N–H and O–H groups in total. The fourth-order valence-electron chi connectivity index (χ4n) is 2.10. The molecule has 4 nitrogen and oxygen atoms in total. The van der Waals surface area contributed by atoms with E-state index in [0.29, 0.717) is 29.6 Å². The maximum absolute atomic E-state index is 13.7. The van der Waals surface area contributed by atoms with E-state index in [4.69, 9.17) is 15.2 Å². The first kappa shape index (κ1) is 13.0. The molecule has 0 saturated carbocycles. The molecule has 1 saturated heterocycles. The molecule has 0 bridgehead atoms.